The maximum Gasteiger partial charge on any atom is 0.288 e. The lowest BCUT2D eigenvalue weighted by Crippen LogP contribution is -2.25. The highest BCUT2D eigenvalue weighted by Crippen LogP contribution is 2.34. The predicted octanol–water partition coefficient (Wildman–Crippen LogP) is 1.10. The maximum atomic E-state index is 11.3. The highest BCUT2D eigenvalue weighted by atomic mass is 16.5. The van der Waals surface area contributed by atoms with Crippen LogP contribution < -0.4 is 15.8 Å². The van der Waals surface area contributed by atoms with Gasteiger partial charge in [-0.05, 0) is 19.4 Å². The Morgan fingerprint density at radius 1 is 1.52 bits per heavy atom. The summed E-state index contributed by atoms with van der Waals surface area (Å²) >= 11 is 0. The molecule has 3 N–H and O–H groups in total. The number of amides is 1. The van der Waals surface area contributed by atoms with Crippen LogP contribution in [-0.4, -0.2) is 34.3 Å². The molecule has 1 aromatic carbocycles. The van der Waals surface area contributed by atoms with Gasteiger partial charge in [-0.2, -0.15) is 4.98 Å². The van der Waals surface area contributed by atoms with Gasteiger partial charge in [0.25, 0.3) is 5.91 Å². The van der Waals surface area contributed by atoms with E-state index in [0.29, 0.717) is 5.95 Å². The fraction of sp³-hybridized carbons (Fsp3) is 0.357. The van der Waals surface area contributed by atoms with Crippen molar-refractivity contribution in [3.8, 4) is 5.75 Å². The molecular weight excluding hydrogens is 270 g/mol. The third-order valence-corrected chi connectivity index (χ3v) is 3.59. The smallest absolute Gasteiger partial charge is 0.288 e. The summed E-state index contributed by atoms with van der Waals surface area (Å²) in [5.41, 5.74) is 7.43. The van der Waals surface area contributed by atoms with E-state index in [1.807, 2.05) is 19.1 Å². The van der Waals surface area contributed by atoms with Crippen LogP contribution in [0.2, 0.25) is 0 Å². The van der Waals surface area contributed by atoms with E-state index < -0.39 is 5.91 Å². The number of aryl methyl sites for hydroxylation is 1. The molecule has 0 saturated carbocycles. The molecule has 0 bridgehead atoms. The number of hydrogen-bond donors (Lipinski definition) is 2. The summed E-state index contributed by atoms with van der Waals surface area (Å²) in [5, 5.41) is 7.36. The van der Waals surface area contributed by atoms with Gasteiger partial charge in [-0.1, -0.05) is 17.7 Å². The third-order valence-electron chi connectivity index (χ3n) is 3.59. The summed E-state index contributed by atoms with van der Waals surface area (Å²) in [6.45, 7) is 2.78. The van der Waals surface area contributed by atoms with Gasteiger partial charge in [0.2, 0.25) is 11.8 Å². The molecule has 1 aliphatic rings. The Hall–Kier alpha value is -2.57. The van der Waals surface area contributed by atoms with Crippen molar-refractivity contribution in [1.29, 1.82) is 0 Å². The minimum absolute atomic E-state index is 0.0241. The maximum absolute atomic E-state index is 11.3. The molecule has 7 nitrogen and oxygen atoms in total. The van der Waals surface area contributed by atoms with Crippen LogP contribution in [-0.2, 0) is 0 Å². The van der Waals surface area contributed by atoms with Crippen molar-refractivity contribution in [2.24, 2.45) is 5.73 Å². The van der Waals surface area contributed by atoms with Crippen molar-refractivity contribution in [3.05, 3.63) is 35.2 Å². The topological polar surface area (TPSA) is 95.1 Å². The number of nitrogens with two attached hydrogens (primary N) is 1. The zero-order valence-electron chi connectivity index (χ0n) is 12.0. The second kappa shape index (κ2) is 5.08. The number of rotatable bonds is 3. The second-order valence-corrected chi connectivity index (χ2v) is 5.04. The number of carbonyl (C=O) groups is 1. The Kier molecular flexibility index (Phi) is 3.25. The van der Waals surface area contributed by atoms with Crippen molar-refractivity contribution >= 4 is 11.9 Å². The van der Waals surface area contributed by atoms with Crippen molar-refractivity contribution in [2.75, 3.05) is 19.0 Å². The number of nitrogens with one attached hydrogen (secondary N) is 1. The Morgan fingerprint density at radius 2 is 2.33 bits per heavy atom. The summed E-state index contributed by atoms with van der Waals surface area (Å²) < 4.78 is 7.16. The highest BCUT2D eigenvalue weighted by molar-refractivity contribution is 5.89. The number of aromatic nitrogens is 3. The molecule has 110 valence electrons. The van der Waals surface area contributed by atoms with Crippen LogP contribution in [0.3, 0.4) is 0 Å². The van der Waals surface area contributed by atoms with E-state index in [9.17, 15) is 4.79 Å². The molecule has 0 radical (unpaired) electrons. The Labute approximate surface area is 122 Å². The van der Waals surface area contributed by atoms with E-state index in [4.69, 9.17) is 10.5 Å². The van der Waals surface area contributed by atoms with Gasteiger partial charge in [0.1, 0.15) is 5.75 Å². The molecule has 0 saturated heterocycles. The molecule has 1 amide bonds. The first-order chi connectivity index (χ1) is 10.1. The average molecular weight is 287 g/mol. The number of benzene rings is 1. The molecule has 3 rings (SSSR count). The number of hydrogen-bond acceptors (Lipinski definition) is 5. The fourth-order valence-corrected chi connectivity index (χ4v) is 2.61. The van der Waals surface area contributed by atoms with Gasteiger partial charge in [-0.15, -0.1) is 5.10 Å². The number of primary amides is 1. The Bertz CT molecular complexity index is 695. The zero-order chi connectivity index (χ0) is 15.0. The third kappa shape index (κ3) is 2.31. The quantitative estimate of drug-likeness (QED) is 0.881. The monoisotopic (exact) mass is 287 g/mol. The van der Waals surface area contributed by atoms with Crippen LogP contribution in [0.5, 0.6) is 5.75 Å². The predicted molar refractivity (Wildman–Crippen MR) is 77.5 cm³/mol. The van der Waals surface area contributed by atoms with Crippen molar-refractivity contribution in [2.45, 2.75) is 19.4 Å². The van der Waals surface area contributed by atoms with Gasteiger partial charge in [-0.25, -0.2) is 4.68 Å². The van der Waals surface area contributed by atoms with Crippen molar-refractivity contribution < 1.29 is 9.53 Å². The minimum atomic E-state index is -0.631. The number of anilines is 1. The molecule has 1 aliphatic heterocycles. The van der Waals surface area contributed by atoms with E-state index in [1.165, 1.54) is 0 Å². The van der Waals surface area contributed by atoms with Gasteiger partial charge in [0.05, 0.1) is 13.2 Å². The largest absolute Gasteiger partial charge is 0.496 e. The minimum Gasteiger partial charge on any atom is -0.496 e. The van der Waals surface area contributed by atoms with E-state index in [2.05, 4.69) is 21.5 Å². The first kappa shape index (κ1) is 13.4. The van der Waals surface area contributed by atoms with Crippen LogP contribution in [0.15, 0.2) is 18.2 Å². The van der Waals surface area contributed by atoms with Crippen LogP contribution >= 0.6 is 0 Å². The molecule has 21 heavy (non-hydrogen) atoms. The summed E-state index contributed by atoms with van der Waals surface area (Å²) in [4.78, 5) is 15.4. The number of fused-ring (bicyclic) bond motifs is 1. The van der Waals surface area contributed by atoms with Crippen molar-refractivity contribution in [3.63, 3.8) is 0 Å². The van der Waals surface area contributed by atoms with E-state index in [-0.39, 0.29) is 11.9 Å². The lowest BCUT2D eigenvalue weighted by molar-refractivity contribution is 0.0990. The Balaban J connectivity index is 2.10. The van der Waals surface area contributed by atoms with Gasteiger partial charge < -0.3 is 15.8 Å². The summed E-state index contributed by atoms with van der Waals surface area (Å²) in [6, 6.07) is 5.99. The normalized spacial score (nSPS) is 17.0. The molecule has 2 aromatic rings. The van der Waals surface area contributed by atoms with Crippen LogP contribution in [0.1, 0.15) is 34.2 Å². The standard InChI is InChI=1S/C14H17N5O2/c1-8-3-4-11(21-2)9(7-8)10-5-6-16-14-17-13(12(15)20)18-19(10)14/h3-4,7,10H,5-6H2,1-2H3,(H2,15,20)(H,16,17,18). The number of carbonyl (C=O) groups excluding carboxylic acids is 1. The molecule has 0 spiro atoms. The number of nitrogens with zero attached hydrogens (tertiary/aromatic N) is 3. The molecule has 0 fully saturated rings. The molecule has 2 heterocycles. The summed E-state index contributed by atoms with van der Waals surface area (Å²) in [5.74, 6) is 0.753. The van der Waals surface area contributed by atoms with Gasteiger partial charge in [0, 0.05) is 12.1 Å². The van der Waals surface area contributed by atoms with Crippen LogP contribution in [0.4, 0.5) is 5.95 Å². The first-order valence-electron chi connectivity index (χ1n) is 6.75. The number of ether oxygens (including phenoxy) is 1. The SMILES string of the molecule is COc1ccc(C)cc1C1CCNc2nc(C(N)=O)nn21. The van der Waals surface area contributed by atoms with E-state index in [0.717, 1.165) is 29.8 Å². The Morgan fingerprint density at radius 3 is 3.05 bits per heavy atom. The lowest BCUT2D eigenvalue weighted by atomic mass is 9.99. The highest BCUT2D eigenvalue weighted by Gasteiger charge is 2.27. The fourth-order valence-electron chi connectivity index (χ4n) is 2.61. The van der Waals surface area contributed by atoms with Crippen molar-refractivity contribution in [1.82, 2.24) is 14.8 Å². The lowest BCUT2D eigenvalue weighted by Gasteiger charge is -2.26. The van der Waals surface area contributed by atoms with Gasteiger partial charge >= 0.3 is 0 Å². The first-order valence-corrected chi connectivity index (χ1v) is 6.75. The molecular formula is C14H17N5O2. The van der Waals surface area contributed by atoms with Gasteiger partial charge in [0.15, 0.2) is 0 Å². The second-order valence-electron chi connectivity index (χ2n) is 5.04. The molecule has 1 atom stereocenters. The molecule has 7 heteroatoms. The van der Waals surface area contributed by atoms with Crippen LogP contribution in [0.25, 0.3) is 0 Å². The summed E-state index contributed by atoms with van der Waals surface area (Å²) in [6.07, 6.45) is 0.828. The van der Waals surface area contributed by atoms with E-state index >= 15 is 0 Å². The summed E-state index contributed by atoms with van der Waals surface area (Å²) in [7, 11) is 1.65. The van der Waals surface area contributed by atoms with Crippen LogP contribution in [0, 0.1) is 6.92 Å². The molecule has 1 aromatic heterocycles. The van der Waals surface area contributed by atoms with Gasteiger partial charge in [-0.3, -0.25) is 4.79 Å². The molecule has 0 aliphatic carbocycles. The average Bonchev–Trinajstić information content (AvgIpc) is 2.91. The molecule has 1 unspecified atom stereocenters. The van der Waals surface area contributed by atoms with E-state index in [1.54, 1.807) is 11.8 Å². The number of methoxy groups -OCH3 is 1. The zero-order valence-corrected chi connectivity index (χ0v) is 12.0.